The first-order valence-electron chi connectivity index (χ1n) is 14.1. The number of benzene rings is 3. The van der Waals surface area contributed by atoms with E-state index in [2.05, 4.69) is 5.32 Å². The van der Waals surface area contributed by atoms with E-state index in [0.717, 1.165) is 11.1 Å². The summed E-state index contributed by atoms with van der Waals surface area (Å²) in [6, 6.07) is 20.2. The highest BCUT2D eigenvalue weighted by Gasteiger charge is 2.30. The van der Waals surface area contributed by atoms with Crippen LogP contribution in [0.3, 0.4) is 0 Å². The molecule has 0 unspecified atom stereocenters. The van der Waals surface area contributed by atoms with Crippen molar-refractivity contribution in [1.82, 2.24) is 9.62 Å². The smallest absolute Gasteiger partial charge is 0.389 e. The number of nitrogens with zero attached hydrogens (tertiary/aromatic N) is 1. The molecule has 7 nitrogen and oxygen atoms in total. The standard InChI is InChI=1S/C32H37F3N2O5S2/c1-23-9-6-7-12-26(23)28-21-25(13-14-27(28)30(38)36-29(31(39)40)16-19-43-2)22-37(18-15-24-10-4-3-5-11-24)44(41,42)20-8-17-32(33,34)35/h3-7,9-14,21,29H,8,15-20,22H2,1-2H3,(H,36,38)(H,39,40)/t29-/m0/s1. The van der Waals surface area contributed by atoms with E-state index in [1.54, 1.807) is 18.2 Å². The van der Waals surface area contributed by atoms with E-state index in [1.807, 2.05) is 61.7 Å². The van der Waals surface area contributed by atoms with Gasteiger partial charge in [-0.05, 0) is 78.1 Å². The molecule has 0 aromatic heterocycles. The number of aliphatic carboxylic acids is 1. The molecule has 238 valence electrons. The van der Waals surface area contributed by atoms with Gasteiger partial charge in [-0.1, -0.05) is 60.7 Å². The number of thioether (sulfide) groups is 1. The molecule has 0 radical (unpaired) electrons. The van der Waals surface area contributed by atoms with Gasteiger partial charge in [-0.15, -0.1) is 0 Å². The lowest BCUT2D eigenvalue weighted by Gasteiger charge is -2.24. The molecule has 0 heterocycles. The van der Waals surface area contributed by atoms with E-state index in [0.29, 0.717) is 28.9 Å². The maximum Gasteiger partial charge on any atom is 0.389 e. The Bertz CT molecular complexity index is 1520. The van der Waals surface area contributed by atoms with Gasteiger partial charge in [-0.25, -0.2) is 13.2 Å². The van der Waals surface area contributed by atoms with Crippen molar-refractivity contribution in [3.05, 3.63) is 95.1 Å². The first kappa shape index (κ1) is 35.1. The molecule has 0 aliphatic heterocycles. The van der Waals surface area contributed by atoms with Crippen molar-refractivity contribution in [2.24, 2.45) is 0 Å². The number of aryl methyl sites for hydroxylation is 1. The summed E-state index contributed by atoms with van der Waals surface area (Å²) in [6.45, 7) is 1.79. The molecule has 44 heavy (non-hydrogen) atoms. The van der Waals surface area contributed by atoms with Crippen LogP contribution in [0.25, 0.3) is 11.1 Å². The summed E-state index contributed by atoms with van der Waals surface area (Å²) in [5.74, 6) is -1.84. The van der Waals surface area contributed by atoms with E-state index in [1.165, 1.54) is 22.1 Å². The predicted octanol–water partition coefficient (Wildman–Crippen LogP) is 6.32. The van der Waals surface area contributed by atoms with Crippen LogP contribution in [0.4, 0.5) is 13.2 Å². The number of alkyl halides is 3. The molecule has 0 aliphatic rings. The van der Waals surface area contributed by atoms with Gasteiger partial charge < -0.3 is 10.4 Å². The van der Waals surface area contributed by atoms with Gasteiger partial charge >= 0.3 is 12.1 Å². The van der Waals surface area contributed by atoms with Crippen molar-refractivity contribution >= 4 is 33.7 Å². The van der Waals surface area contributed by atoms with Crippen LogP contribution in [-0.4, -0.2) is 66.2 Å². The summed E-state index contributed by atoms with van der Waals surface area (Å²) in [5, 5.41) is 12.2. The number of hydrogen-bond acceptors (Lipinski definition) is 5. The normalized spacial score (nSPS) is 12.7. The third-order valence-electron chi connectivity index (χ3n) is 7.09. The van der Waals surface area contributed by atoms with Crippen molar-refractivity contribution in [2.45, 2.75) is 51.4 Å². The fourth-order valence-electron chi connectivity index (χ4n) is 4.72. The van der Waals surface area contributed by atoms with Gasteiger partial charge in [0, 0.05) is 25.1 Å². The highest BCUT2D eigenvalue weighted by molar-refractivity contribution is 7.98. The zero-order chi connectivity index (χ0) is 32.3. The summed E-state index contributed by atoms with van der Waals surface area (Å²) in [5.41, 5.74) is 3.68. The van der Waals surface area contributed by atoms with Crippen LogP contribution < -0.4 is 5.32 Å². The molecular weight excluding hydrogens is 613 g/mol. The Morgan fingerprint density at radius 2 is 1.66 bits per heavy atom. The number of sulfonamides is 1. The number of carboxylic acid groups (broad SMARTS) is 1. The number of hydrogen-bond donors (Lipinski definition) is 2. The molecule has 3 aromatic rings. The highest BCUT2D eigenvalue weighted by Crippen LogP contribution is 2.30. The molecular formula is C32H37F3N2O5S2. The highest BCUT2D eigenvalue weighted by atomic mass is 32.2. The van der Waals surface area contributed by atoms with Gasteiger partial charge in [0.1, 0.15) is 6.04 Å². The molecule has 1 atom stereocenters. The van der Waals surface area contributed by atoms with Gasteiger partial charge in [-0.2, -0.15) is 29.2 Å². The van der Waals surface area contributed by atoms with Gasteiger partial charge in [0.2, 0.25) is 10.0 Å². The maximum atomic E-state index is 13.4. The van der Waals surface area contributed by atoms with E-state index in [4.69, 9.17) is 0 Å². The maximum absolute atomic E-state index is 13.4. The Morgan fingerprint density at radius 3 is 2.30 bits per heavy atom. The van der Waals surface area contributed by atoms with E-state index < -0.39 is 52.7 Å². The fraction of sp³-hybridized carbons (Fsp3) is 0.375. The number of halogens is 3. The monoisotopic (exact) mass is 650 g/mol. The number of carbonyl (C=O) groups excluding carboxylic acids is 1. The first-order valence-corrected chi connectivity index (χ1v) is 17.1. The zero-order valence-electron chi connectivity index (χ0n) is 24.6. The molecule has 0 bridgehead atoms. The molecule has 2 N–H and O–H groups in total. The number of carboxylic acids is 1. The summed E-state index contributed by atoms with van der Waals surface area (Å²) < 4.78 is 66.3. The van der Waals surface area contributed by atoms with Crippen LogP contribution in [0.2, 0.25) is 0 Å². The second-order valence-corrected chi connectivity index (χ2v) is 13.5. The number of amides is 1. The third kappa shape index (κ3) is 10.7. The molecule has 0 saturated carbocycles. The Morgan fingerprint density at radius 1 is 0.977 bits per heavy atom. The molecule has 0 aliphatic carbocycles. The second-order valence-electron chi connectivity index (χ2n) is 10.4. The third-order valence-corrected chi connectivity index (χ3v) is 9.63. The number of rotatable bonds is 16. The van der Waals surface area contributed by atoms with Crippen LogP contribution in [0.1, 0.15) is 46.3 Å². The van der Waals surface area contributed by atoms with Crippen LogP contribution in [0.15, 0.2) is 72.8 Å². The molecule has 0 saturated heterocycles. The predicted molar refractivity (Wildman–Crippen MR) is 168 cm³/mol. The number of carbonyl (C=O) groups is 2. The lowest BCUT2D eigenvalue weighted by Crippen LogP contribution is -2.41. The van der Waals surface area contributed by atoms with Crippen molar-refractivity contribution < 1.29 is 36.3 Å². The van der Waals surface area contributed by atoms with Crippen molar-refractivity contribution in [2.75, 3.05) is 24.3 Å². The second kappa shape index (κ2) is 16.1. The van der Waals surface area contributed by atoms with Crippen LogP contribution in [0, 0.1) is 6.92 Å². The zero-order valence-corrected chi connectivity index (χ0v) is 26.3. The van der Waals surface area contributed by atoms with Gasteiger partial charge in [-0.3, -0.25) is 4.79 Å². The molecule has 0 spiro atoms. The van der Waals surface area contributed by atoms with E-state index in [-0.39, 0.29) is 25.1 Å². The van der Waals surface area contributed by atoms with Crippen LogP contribution >= 0.6 is 11.8 Å². The summed E-state index contributed by atoms with van der Waals surface area (Å²) >= 11 is 1.47. The Labute approximate surface area is 260 Å². The Balaban J connectivity index is 1.98. The fourth-order valence-corrected chi connectivity index (χ4v) is 6.67. The topological polar surface area (TPSA) is 104 Å². The molecule has 0 fully saturated rings. The summed E-state index contributed by atoms with van der Waals surface area (Å²) in [4.78, 5) is 25.2. The van der Waals surface area contributed by atoms with E-state index in [9.17, 15) is 36.3 Å². The molecule has 12 heteroatoms. The lowest BCUT2D eigenvalue weighted by molar-refractivity contribution is -0.139. The van der Waals surface area contributed by atoms with Gasteiger partial charge in [0.15, 0.2) is 0 Å². The average Bonchev–Trinajstić information content (AvgIpc) is 2.97. The minimum atomic E-state index is -4.46. The molecule has 1 amide bonds. The number of nitrogens with one attached hydrogen (secondary N) is 1. The minimum Gasteiger partial charge on any atom is -0.480 e. The Hall–Kier alpha value is -3.35. The SMILES string of the molecule is CSCC[C@H](NC(=O)c1ccc(CN(CCc2ccccc2)S(=O)(=O)CCCC(F)(F)F)cc1-c1ccccc1C)C(=O)O. The first-order chi connectivity index (χ1) is 20.8. The largest absolute Gasteiger partial charge is 0.480 e. The van der Waals surface area contributed by atoms with Gasteiger partial charge in [0.25, 0.3) is 5.91 Å². The summed E-state index contributed by atoms with van der Waals surface area (Å²) in [6.07, 6.45) is -3.77. The van der Waals surface area contributed by atoms with Crippen LogP contribution in [-0.2, 0) is 27.8 Å². The quantitative estimate of drug-likeness (QED) is 0.188. The van der Waals surface area contributed by atoms with Gasteiger partial charge in [0.05, 0.1) is 5.75 Å². The van der Waals surface area contributed by atoms with Crippen molar-refractivity contribution in [1.29, 1.82) is 0 Å². The minimum absolute atomic E-state index is 0.0516. The van der Waals surface area contributed by atoms with Crippen molar-refractivity contribution in [3.8, 4) is 11.1 Å². The average molecular weight is 651 g/mol. The van der Waals surface area contributed by atoms with E-state index >= 15 is 0 Å². The van der Waals surface area contributed by atoms with Crippen LogP contribution in [0.5, 0.6) is 0 Å². The molecule has 3 aromatic carbocycles. The lowest BCUT2D eigenvalue weighted by atomic mass is 9.93. The summed E-state index contributed by atoms with van der Waals surface area (Å²) in [7, 11) is -4.07. The Kier molecular flexibility index (Phi) is 12.9. The van der Waals surface area contributed by atoms with Crippen molar-refractivity contribution in [3.63, 3.8) is 0 Å². The molecule has 3 rings (SSSR count).